The normalized spacial score (nSPS) is 14.5. The molecule has 0 heterocycles. The highest BCUT2D eigenvalue weighted by Crippen LogP contribution is 2.22. The topological polar surface area (TPSA) is 77.8 Å². The number of aldehydes is 1. The first kappa shape index (κ1) is 10.9. The van der Waals surface area contributed by atoms with Crippen LogP contribution >= 0.6 is 12.6 Å². The Morgan fingerprint density at radius 3 is 1.91 bits per heavy atom. The van der Waals surface area contributed by atoms with Crippen molar-refractivity contribution in [2.45, 2.75) is 5.25 Å². The maximum absolute atomic E-state index is 10.4. The van der Waals surface area contributed by atoms with E-state index in [0.717, 1.165) is 0 Å². The zero-order valence-electron chi connectivity index (χ0n) is 5.97. The second-order valence-corrected chi connectivity index (χ2v) is 2.99. The Bertz CT molecular complexity index is 124. The van der Waals surface area contributed by atoms with Crippen LogP contribution in [0.5, 0.6) is 0 Å². The molecule has 0 saturated carbocycles. The van der Waals surface area contributed by atoms with Crippen LogP contribution in [0.25, 0.3) is 0 Å². The van der Waals surface area contributed by atoms with Crippen molar-refractivity contribution < 1.29 is 20.1 Å². The van der Waals surface area contributed by atoms with Gasteiger partial charge in [0, 0.05) is 5.25 Å². The Morgan fingerprint density at radius 1 is 1.36 bits per heavy atom. The average Bonchev–Trinajstić information content (AvgIpc) is 2.08. The summed E-state index contributed by atoms with van der Waals surface area (Å²) in [5.41, 5.74) is -1.32. The molecule has 1 unspecified atom stereocenters. The Kier molecular flexibility index (Phi) is 4.67. The minimum absolute atomic E-state index is 0.358. The summed E-state index contributed by atoms with van der Waals surface area (Å²) >= 11 is 3.85. The third-order valence-corrected chi connectivity index (χ3v) is 2.34. The van der Waals surface area contributed by atoms with Crippen molar-refractivity contribution in [1.82, 2.24) is 0 Å². The second-order valence-electron chi connectivity index (χ2n) is 2.37. The number of aliphatic hydroxyl groups is 3. The van der Waals surface area contributed by atoms with E-state index in [9.17, 15) is 4.79 Å². The molecule has 0 aliphatic carbocycles. The van der Waals surface area contributed by atoms with Gasteiger partial charge in [-0.15, -0.1) is 0 Å². The van der Waals surface area contributed by atoms with Gasteiger partial charge in [0.1, 0.15) is 6.29 Å². The number of aliphatic hydroxyl groups excluding tert-OH is 3. The third-order valence-electron chi connectivity index (χ3n) is 1.66. The Balaban J connectivity index is 4.38. The number of hydrogen-bond acceptors (Lipinski definition) is 5. The molecule has 0 saturated heterocycles. The van der Waals surface area contributed by atoms with E-state index in [-0.39, 0.29) is 6.61 Å². The number of carbonyl (C=O) groups is 1. The van der Waals surface area contributed by atoms with Crippen LogP contribution in [0.1, 0.15) is 0 Å². The van der Waals surface area contributed by atoms with Crippen molar-refractivity contribution >= 4 is 18.9 Å². The monoisotopic (exact) mass is 180 g/mol. The number of hydrogen-bond donors (Lipinski definition) is 4. The highest BCUT2D eigenvalue weighted by Gasteiger charge is 2.35. The van der Waals surface area contributed by atoms with Crippen molar-refractivity contribution in [2.75, 3.05) is 19.8 Å². The van der Waals surface area contributed by atoms with Crippen molar-refractivity contribution in [3.05, 3.63) is 0 Å². The Morgan fingerprint density at radius 2 is 1.82 bits per heavy atom. The first-order valence-corrected chi connectivity index (χ1v) is 3.65. The Hall–Kier alpha value is -0.100. The van der Waals surface area contributed by atoms with Crippen molar-refractivity contribution in [3.8, 4) is 0 Å². The lowest BCUT2D eigenvalue weighted by Gasteiger charge is -2.27. The fraction of sp³-hybridized carbons (Fsp3) is 0.833. The van der Waals surface area contributed by atoms with Crippen LogP contribution in [0.15, 0.2) is 0 Å². The summed E-state index contributed by atoms with van der Waals surface area (Å²) in [6, 6.07) is 0. The predicted octanol–water partition coefficient (Wildman–Crippen LogP) is -1.55. The molecule has 0 fully saturated rings. The number of carbonyl (C=O) groups excluding carboxylic acids is 1. The van der Waals surface area contributed by atoms with Crippen LogP contribution in [-0.2, 0) is 4.79 Å². The van der Waals surface area contributed by atoms with Crippen LogP contribution in [0, 0.1) is 5.41 Å². The molecule has 4 nitrogen and oxygen atoms in total. The molecule has 66 valence electrons. The van der Waals surface area contributed by atoms with Crippen LogP contribution in [-0.4, -0.2) is 46.7 Å². The van der Waals surface area contributed by atoms with Crippen molar-refractivity contribution in [2.24, 2.45) is 5.41 Å². The Labute approximate surface area is 70.3 Å². The summed E-state index contributed by atoms with van der Waals surface area (Å²) in [4.78, 5) is 10.4. The summed E-state index contributed by atoms with van der Waals surface area (Å²) in [7, 11) is 0. The maximum atomic E-state index is 10.4. The molecule has 1 atom stereocenters. The first-order chi connectivity index (χ1) is 5.16. The van der Waals surface area contributed by atoms with Gasteiger partial charge in [-0.2, -0.15) is 12.6 Å². The predicted molar refractivity (Wildman–Crippen MR) is 42.5 cm³/mol. The zero-order valence-corrected chi connectivity index (χ0v) is 6.87. The van der Waals surface area contributed by atoms with Crippen molar-refractivity contribution in [1.29, 1.82) is 0 Å². The van der Waals surface area contributed by atoms with Gasteiger partial charge in [-0.25, -0.2) is 0 Å². The first-order valence-electron chi connectivity index (χ1n) is 3.14. The summed E-state index contributed by atoms with van der Waals surface area (Å²) in [6.45, 7) is -1.38. The molecule has 0 amide bonds. The van der Waals surface area contributed by atoms with Gasteiger partial charge < -0.3 is 20.1 Å². The number of rotatable bonds is 5. The smallest absolute Gasteiger partial charge is 0.131 e. The van der Waals surface area contributed by atoms with Crippen LogP contribution in [0.4, 0.5) is 0 Å². The molecule has 11 heavy (non-hydrogen) atoms. The van der Waals surface area contributed by atoms with Crippen LogP contribution in [0.3, 0.4) is 0 Å². The average molecular weight is 180 g/mol. The molecule has 0 aromatic carbocycles. The minimum atomic E-state index is -1.32. The van der Waals surface area contributed by atoms with E-state index in [4.69, 9.17) is 15.3 Å². The quantitative estimate of drug-likeness (QED) is 0.305. The van der Waals surface area contributed by atoms with Crippen LogP contribution < -0.4 is 0 Å². The third kappa shape index (κ3) is 2.16. The lowest BCUT2D eigenvalue weighted by Crippen LogP contribution is -2.42. The van der Waals surface area contributed by atoms with E-state index < -0.39 is 23.9 Å². The lowest BCUT2D eigenvalue weighted by molar-refractivity contribution is -0.121. The highest BCUT2D eigenvalue weighted by molar-refractivity contribution is 7.81. The molecule has 0 bridgehead atoms. The molecule has 3 N–H and O–H groups in total. The second kappa shape index (κ2) is 4.71. The standard InChI is InChI=1S/C6H12O4S/c7-1-5(11)6(2-8,3-9)4-10/h2,5,7,9-11H,1,3-4H2. The van der Waals surface area contributed by atoms with Gasteiger partial charge in [-0.1, -0.05) is 0 Å². The van der Waals surface area contributed by atoms with Gasteiger partial charge in [0.25, 0.3) is 0 Å². The molecule has 0 radical (unpaired) electrons. The van der Waals surface area contributed by atoms with E-state index in [0.29, 0.717) is 6.29 Å². The highest BCUT2D eigenvalue weighted by atomic mass is 32.1. The fourth-order valence-corrected chi connectivity index (χ4v) is 0.820. The molecule has 0 aliphatic heterocycles. The van der Waals surface area contributed by atoms with Gasteiger partial charge in [0.2, 0.25) is 0 Å². The lowest BCUT2D eigenvalue weighted by atomic mass is 9.88. The van der Waals surface area contributed by atoms with Gasteiger partial charge in [0.05, 0.1) is 25.2 Å². The SMILES string of the molecule is O=CC(CO)(CO)C(S)CO. The van der Waals surface area contributed by atoms with E-state index in [2.05, 4.69) is 12.6 Å². The van der Waals surface area contributed by atoms with Crippen molar-refractivity contribution in [3.63, 3.8) is 0 Å². The van der Waals surface area contributed by atoms with Gasteiger partial charge in [0.15, 0.2) is 0 Å². The summed E-state index contributed by atoms with van der Waals surface area (Å²) in [5, 5.41) is 25.3. The molecule has 0 aliphatic rings. The van der Waals surface area contributed by atoms with E-state index >= 15 is 0 Å². The molecule has 0 aromatic rings. The summed E-state index contributed by atoms with van der Waals surface area (Å²) in [6.07, 6.45) is 0.418. The summed E-state index contributed by atoms with van der Waals surface area (Å²) < 4.78 is 0. The molecule has 0 rings (SSSR count). The van der Waals surface area contributed by atoms with E-state index in [1.165, 1.54) is 0 Å². The molecule has 0 aromatic heterocycles. The fourth-order valence-electron chi connectivity index (χ4n) is 0.596. The van der Waals surface area contributed by atoms with Crippen LogP contribution in [0.2, 0.25) is 0 Å². The van der Waals surface area contributed by atoms with Gasteiger partial charge in [-0.3, -0.25) is 0 Å². The zero-order chi connectivity index (χ0) is 8.91. The maximum Gasteiger partial charge on any atom is 0.131 e. The molecule has 5 heteroatoms. The van der Waals surface area contributed by atoms with E-state index in [1.54, 1.807) is 0 Å². The van der Waals surface area contributed by atoms with Gasteiger partial charge >= 0.3 is 0 Å². The largest absolute Gasteiger partial charge is 0.395 e. The number of thiol groups is 1. The minimum Gasteiger partial charge on any atom is -0.395 e. The summed E-state index contributed by atoms with van der Waals surface area (Å²) in [5.74, 6) is 0. The van der Waals surface area contributed by atoms with E-state index in [1.807, 2.05) is 0 Å². The molecular weight excluding hydrogens is 168 g/mol. The van der Waals surface area contributed by atoms with Gasteiger partial charge in [-0.05, 0) is 0 Å². The molecular formula is C6H12O4S. The molecule has 0 spiro atoms.